The van der Waals surface area contributed by atoms with Gasteiger partial charge in [-0.15, -0.1) is 0 Å². The summed E-state index contributed by atoms with van der Waals surface area (Å²) in [6.45, 7) is 7.21. The zero-order valence-electron chi connectivity index (χ0n) is 11.7. The van der Waals surface area contributed by atoms with Crippen molar-refractivity contribution < 1.29 is 0 Å². The number of hydrogen-bond acceptors (Lipinski definition) is 2. The van der Waals surface area contributed by atoms with E-state index in [9.17, 15) is 0 Å². The van der Waals surface area contributed by atoms with Crippen LogP contribution in [0.15, 0.2) is 0 Å². The molecule has 2 rings (SSSR count). The molecule has 0 aromatic rings. The van der Waals surface area contributed by atoms with Crippen LogP contribution in [0, 0.1) is 11.8 Å². The van der Waals surface area contributed by atoms with Crippen LogP contribution < -0.4 is 10.6 Å². The Morgan fingerprint density at radius 1 is 1.12 bits per heavy atom. The average molecular weight is 238 g/mol. The molecule has 0 radical (unpaired) electrons. The van der Waals surface area contributed by atoms with Crippen LogP contribution >= 0.6 is 0 Å². The van der Waals surface area contributed by atoms with Crippen LogP contribution in [-0.2, 0) is 0 Å². The van der Waals surface area contributed by atoms with Crippen molar-refractivity contribution >= 4 is 0 Å². The van der Waals surface area contributed by atoms with Crippen molar-refractivity contribution in [2.75, 3.05) is 13.1 Å². The molecule has 1 aliphatic carbocycles. The summed E-state index contributed by atoms with van der Waals surface area (Å²) < 4.78 is 0. The lowest BCUT2D eigenvalue weighted by Gasteiger charge is -2.23. The molecule has 2 N–H and O–H groups in total. The number of hydrogen-bond donors (Lipinski definition) is 2. The zero-order chi connectivity index (χ0) is 12.1. The third-order valence-corrected chi connectivity index (χ3v) is 4.52. The summed E-state index contributed by atoms with van der Waals surface area (Å²) in [5.74, 6) is 1.92. The molecule has 1 aliphatic heterocycles. The molecule has 0 aromatic heterocycles. The molecule has 3 unspecified atom stereocenters. The van der Waals surface area contributed by atoms with Gasteiger partial charge in [-0.3, -0.25) is 0 Å². The molecule has 1 saturated heterocycles. The minimum Gasteiger partial charge on any atom is -0.314 e. The van der Waals surface area contributed by atoms with Crippen molar-refractivity contribution in [2.45, 2.75) is 70.9 Å². The van der Waals surface area contributed by atoms with E-state index in [0.717, 1.165) is 17.9 Å². The van der Waals surface area contributed by atoms with Crippen LogP contribution in [0.3, 0.4) is 0 Å². The van der Waals surface area contributed by atoms with Gasteiger partial charge in [-0.1, -0.05) is 19.8 Å². The van der Waals surface area contributed by atoms with Gasteiger partial charge >= 0.3 is 0 Å². The van der Waals surface area contributed by atoms with Gasteiger partial charge in [-0.25, -0.2) is 0 Å². The highest BCUT2D eigenvalue weighted by atomic mass is 15.0. The Labute approximate surface area is 107 Å². The Hall–Kier alpha value is -0.0800. The summed E-state index contributed by atoms with van der Waals surface area (Å²) in [5.41, 5.74) is 0. The normalized spacial score (nSPS) is 29.6. The first-order chi connectivity index (χ1) is 8.25. The predicted molar refractivity (Wildman–Crippen MR) is 74.2 cm³/mol. The van der Waals surface area contributed by atoms with E-state index in [-0.39, 0.29) is 0 Å². The highest BCUT2D eigenvalue weighted by molar-refractivity contribution is 4.82. The number of nitrogens with one attached hydrogen (secondary N) is 2. The molecule has 2 nitrogen and oxygen atoms in total. The van der Waals surface area contributed by atoms with Gasteiger partial charge < -0.3 is 10.6 Å². The van der Waals surface area contributed by atoms with E-state index in [2.05, 4.69) is 24.5 Å². The fourth-order valence-electron chi connectivity index (χ4n) is 3.03. The molecule has 0 bridgehead atoms. The molecule has 100 valence electrons. The molecule has 17 heavy (non-hydrogen) atoms. The molecule has 0 amide bonds. The molecule has 2 heteroatoms. The largest absolute Gasteiger partial charge is 0.314 e. The van der Waals surface area contributed by atoms with Crippen molar-refractivity contribution in [2.24, 2.45) is 11.8 Å². The second-order valence-corrected chi connectivity index (χ2v) is 6.36. The SMILES string of the molecule is CC(CC1CCCCCN1)NCC(C)C1CC1. The lowest BCUT2D eigenvalue weighted by molar-refractivity contribution is 0.371. The van der Waals surface area contributed by atoms with Gasteiger partial charge in [-0.2, -0.15) is 0 Å². The van der Waals surface area contributed by atoms with E-state index < -0.39 is 0 Å². The number of rotatable bonds is 6. The van der Waals surface area contributed by atoms with Crippen LogP contribution in [0.2, 0.25) is 0 Å². The van der Waals surface area contributed by atoms with Gasteiger partial charge in [-0.05, 0) is 64.0 Å². The van der Waals surface area contributed by atoms with Crippen molar-refractivity contribution in [1.29, 1.82) is 0 Å². The Kier molecular flexibility index (Phi) is 5.30. The molecular formula is C15H30N2. The Morgan fingerprint density at radius 3 is 2.71 bits per heavy atom. The highest BCUT2D eigenvalue weighted by Crippen LogP contribution is 2.36. The molecule has 0 spiro atoms. The molecule has 1 saturated carbocycles. The lowest BCUT2D eigenvalue weighted by atomic mass is 10.0. The van der Waals surface area contributed by atoms with Crippen LogP contribution in [-0.4, -0.2) is 25.2 Å². The maximum absolute atomic E-state index is 3.73. The summed E-state index contributed by atoms with van der Waals surface area (Å²) in [7, 11) is 0. The second-order valence-electron chi connectivity index (χ2n) is 6.36. The minimum absolute atomic E-state index is 0.673. The van der Waals surface area contributed by atoms with Crippen molar-refractivity contribution in [3.05, 3.63) is 0 Å². The molecule has 2 fully saturated rings. The zero-order valence-corrected chi connectivity index (χ0v) is 11.7. The third kappa shape index (κ3) is 4.97. The predicted octanol–water partition coefficient (Wildman–Crippen LogP) is 2.93. The van der Waals surface area contributed by atoms with E-state index in [0.29, 0.717) is 6.04 Å². The fourth-order valence-corrected chi connectivity index (χ4v) is 3.03. The maximum atomic E-state index is 3.73. The third-order valence-electron chi connectivity index (χ3n) is 4.52. The standard InChI is InChI=1S/C15H30N2/c1-12(14-7-8-14)11-17-13(2)10-15-6-4-3-5-9-16-15/h12-17H,3-11H2,1-2H3. The minimum atomic E-state index is 0.673. The van der Waals surface area contributed by atoms with Gasteiger partial charge in [0.05, 0.1) is 0 Å². The lowest BCUT2D eigenvalue weighted by Crippen LogP contribution is -2.38. The topological polar surface area (TPSA) is 24.1 Å². The Bertz CT molecular complexity index is 205. The van der Waals surface area contributed by atoms with Gasteiger partial charge in [0.2, 0.25) is 0 Å². The second kappa shape index (κ2) is 6.75. The summed E-state index contributed by atoms with van der Waals surface area (Å²) >= 11 is 0. The first-order valence-corrected chi connectivity index (χ1v) is 7.72. The molecule has 2 aliphatic rings. The summed E-state index contributed by atoms with van der Waals surface area (Å²) in [6, 6.07) is 1.43. The smallest absolute Gasteiger partial charge is 0.00817 e. The van der Waals surface area contributed by atoms with Crippen molar-refractivity contribution in [1.82, 2.24) is 10.6 Å². The molecule has 1 heterocycles. The van der Waals surface area contributed by atoms with Gasteiger partial charge in [0.25, 0.3) is 0 Å². The summed E-state index contributed by atoms with van der Waals surface area (Å²) in [6.07, 6.45) is 9.84. The van der Waals surface area contributed by atoms with Gasteiger partial charge in [0.1, 0.15) is 0 Å². The highest BCUT2D eigenvalue weighted by Gasteiger charge is 2.27. The molecule has 0 aromatic carbocycles. The summed E-state index contributed by atoms with van der Waals surface area (Å²) in [4.78, 5) is 0. The van der Waals surface area contributed by atoms with E-state index in [1.807, 2.05) is 0 Å². The van der Waals surface area contributed by atoms with E-state index in [1.165, 1.54) is 58.0 Å². The van der Waals surface area contributed by atoms with Gasteiger partial charge in [0, 0.05) is 12.1 Å². The van der Waals surface area contributed by atoms with Crippen LogP contribution in [0.1, 0.15) is 58.8 Å². The Morgan fingerprint density at radius 2 is 1.94 bits per heavy atom. The van der Waals surface area contributed by atoms with E-state index in [1.54, 1.807) is 0 Å². The average Bonchev–Trinajstić information content (AvgIpc) is 3.13. The first kappa shape index (κ1) is 13.4. The monoisotopic (exact) mass is 238 g/mol. The van der Waals surface area contributed by atoms with Crippen molar-refractivity contribution in [3.63, 3.8) is 0 Å². The van der Waals surface area contributed by atoms with E-state index in [4.69, 9.17) is 0 Å². The summed E-state index contributed by atoms with van der Waals surface area (Å²) in [5, 5.41) is 7.43. The maximum Gasteiger partial charge on any atom is 0.00817 e. The fraction of sp³-hybridized carbons (Fsp3) is 1.00. The van der Waals surface area contributed by atoms with Crippen LogP contribution in [0.25, 0.3) is 0 Å². The van der Waals surface area contributed by atoms with E-state index >= 15 is 0 Å². The molecular weight excluding hydrogens is 208 g/mol. The quantitative estimate of drug-likeness (QED) is 0.743. The van der Waals surface area contributed by atoms with Crippen LogP contribution in [0.5, 0.6) is 0 Å². The first-order valence-electron chi connectivity index (χ1n) is 7.72. The molecule has 3 atom stereocenters. The van der Waals surface area contributed by atoms with Crippen molar-refractivity contribution in [3.8, 4) is 0 Å². The van der Waals surface area contributed by atoms with Crippen LogP contribution in [0.4, 0.5) is 0 Å². The van der Waals surface area contributed by atoms with Gasteiger partial charge in [0.15, 0.2) is 0 Å². The Balaban J connectivity index is 1.59.